The zero-order valence-electron chi connectivity index (χ0n) is 19.3. The second-order valence-electron chi connectivity index (χ2n) is 8.52. The first-order chi connectivity index (χ1) is 16.0. The number of methoxy groups -OCH3 is 1. The van der Waals surface area contributed by atoms with Gasteiger partial charge in [0.05, 0.1) is 47.8 Å². The van der Waals surface area contributed by atoms with Gasteiger partial charge in [-0.2, -0.15) is 5.26 Å². The molecule has 168 valence electrons. The van der Waals surface area contributed by atoms with E-state index < -0.39 is 5.97 Å². The van der Waals surface area contributed by atoms with Crippen LogP contribution < -0.4 is 0 Å². The lowest BCUT2D eigenvalue weighted by Gasteiger charge is -2.42. The van der Waals surface area contributed by atoms with E-state index >= 15 is 0 Å². The van der Waals surface area contributed by atoms with Crippen LogP contribution in [-0.4, -0.2) is 27.9 Å². The van der Waals surface area contributed by atoms with Crippen LogP contribution >= 0.6 is 0 Å². The van der Waals surface area contributed by atoms with Crippen molar-refractivity contribution in [3.63, 3.8) is 0 Å². The molecule has 3 heterocycles. The van der Waals surface area contributed by atoms with E-state index in [0.29, 0.717) is 17.7 Å². The fourth-order valence-corrected chi connectivity index (χ4v) is 4.84. The molecule has 0 saturated carbocycles. The van der Waals surface area contributed by atoms with Crippen LogP contribution in [0.2, 0.25) is 0 Å². The Balaban J connectivity index is 1.82. The first-order valence-electron chi connectivity index (χ1n) is 11.2. The Bertz CT molecular complexity index is 1150. The van der Waals surface area contributed by atoms with E-state index in [4.69, 9.17) is 14.7 Å². The number of nitrogens with zero attached hydrogens (tertiary/aromatic N) is 4. The van der Waals surface area contributed by atoms with E-state index in [9.17, 15) is 10.1 Å². The minimum atomic E-state index is -0.435. The topological polar surface area (TPSA) is 79.1 Å². The van der Waals surface area contributed by atoms with Gasteiger partial charge in [-0.3, -0.25) is 14.9 Å². The maximum atomic E-state index is 12.6. The van der Waals surface area contributed by atoms with Gasteiger partial charge in [0.25, 0.3) is 0 Å². The molecule has 33 heavy (non-hydrogen) atoms. The van der Waals surface area contributed by atoms with Gasteiger partial charge in [-0.05, 0) is 74.1 Å². The van der Waals surface area contributed by atoms with Crippen molar-refractivity contribution in [2.45, 2.75) is 51.7 Å². The van der Waals surface area contributed by atoms with Gasteiger partial charge in [-0.15, -0.1) is 0 Å². The Morgan fingerprint density at radius 3 is 2.18 bits per heavy atom. The normalized spacial score (nSPS) is 18.5. The molecule has 1 fully saturated rings. The monoisotopic (exact) mass is 440 g/mol. The van der Waals surface area contributed by atoms with Gasteiger partial charge < -0.3 is 4.74 Å². The average molecular weight is 441 g/mol. The summed E-state index contributed by atoms with van der Waals surface area (Å²) in [6.45, 7) is 4.72. The largest absolute Gasteiger partial charge is 0.465 e. The predicted octanol–water partition coefficient (Wildman–Crippen LogP) is 5.22. The van der Waals surface area contributed by atoms with Crippen LogP contribution in [0.1, 0.15) is 75.3 Å². The summed E-state index contributed by atoms with van der Waals surface area (Å²) in [4.78, 5) is 24.5. The lowest BCUT2D eigenvalue weighted by atomic mass is 9.88. The number of hydrogen-bond acceptors (Lipinski definition) is 6. The maximum absolute atomic E-state index is 12.6. The molecule has 1 aromatic carbocycles. The molecular formula is C27H28N4O2. The lowest BCUT2D eigenvalue weighted by molar-refractivity contribution is 0.0574. The summed E-state index contributed by atoms with van der Waals surface area (Å²) in [5, 5.41) is 9.34. The van der Waals surface area contributed by atoms with Crippen molar-refractivity contribution in [2.24, 2.45) is 0 Å². The molecule has 2 aromatic heterocycles. The fraction of sp³-hybridized carbons (Fsp3) is 0.333. The molecule has 3 aromatic rings. The van der Waals surface area contributed by atoms with Crippen molar-refractivity contribution in [1.29, 1.82) is 5.26 Å². The maximum Gasteiger partial charge on any atom is 0.338 e. The van der Waals surface area contributed by atoms with Gasteiger partial charge in [0.2, 0.25) is 0 Å². The highest BCUT2D eigenvalue weighted by Gasteiger charge is 2.36. The first kappa shape index (κ1) is 22.6. The number of nitriles is 1. The molecule has 0 amide bonds. The van der Waals surface area contributed by atoms with E-state index in [1.807, 2.05) is 30.6 Å². The van der Waals surface area contributed by atoms with Crippen LogP contribution in [0.3, 0.4) is 0 Å². The number of carbonyl (C=O) groups is 1. The van der Waals surface area contributed by atoms with Crippen molar-refractivity contribution in [3.8, 4) is 6.07 Å². The molecule has 1 aliphatic heterocycles. The van der Waals surface area contributed by atoms with Gasteiger partial charge in [0, 0.05) is 18.9 Å². The van der Waals surface area contributed by atoms with Crippen molar-refractivity contribution in [3.05, 3.63) is 94.1 Å². The lowest BCUT2D eigenvalue weighted by Crippen LogP contribution is -2.38. The van der Waals surface area contributed by atoms with Crippen LogP contribution in [0, 0.1) is 25.2 Å². The summed E-state index contributed by atoms with van der Waals surface area (Å²) in [5.74, 6) is -0.435. The highest BCUT2D eigenvalue weighted by Crippen LogP contribution is 2.43. The molecule has 1 saturated heterocycles. The van der Waals surface area contributed by atoms with Gasteiger partial charge in [-0.25, -0.2) is 4.79 Å². The summed E-state index contributed by atoms with van der Waals surface area (Å²) in [7, 11) is 1.37. The van der Waals surface area contributed by atoms with E-state index in [1.165, 1.54) is 7.11 Å². The smallest absolute Gasteiger partial charge is 0.338 e. The number of carbonyl (C=O) groups excluding carboxylic acids is 1. The average Bonchev–Trinajstić information content (AvgIpc) is 2.85. The first-order valence-corrected chi connectivity index (χ1v) is 11.2. The highest BCUT2D eigenvalue weighted by atomic mass is 16.5. The predicted molar refractivity (Wildman–Crippen MR) is 125 cm³/mol. The zero-order valence-corrected chi connectivity index (χ0v) is 19.3. The molecule has 0 bridgehead atoms. The quantitative estimate of drug-likeness (QED) is 0.506. The van der Waals surface area contributed by atoms with Crippen LogP contribution in [-0.2, 0) is 11.3 Å². The summed E-state index contributed by atoms with van der Waals surface area (Å²) in [5.41, 5.74) is 6.12. The molecule has 0 spiro atoms. The molecule has 1 aliphatic rings. The Morgan fingerprint density at radius 2 is 1.67 bits per heavy atom. The molecule has 2 atom stereocenters. The molecule has 6 nitrogen and oxygen atoms in total. The third-order valence-electron chi connectivity index (χ3n) is 6.48. The number of benzene rings is 1. The van der Waals surface area contributed by atoms with Crippen LogP contribution in [0.4, 0.5) is 0 Å². The number of likely N-dealkylation sites (tertiary alicyclic amines) is 1. The Kier molecular flexibility index (Phi) is 6.81. The van der Waals surface area contributed by atoms with E-state index in [0.717, 1.165) is 47.3 Å². The number of rotatable bonds is 5. The van der Waals surface area contributed by atoms with Crippen molar-refractivity contribution in [2.75, 3.05) is 7.11 Å². The summed E-state index contributed by atoms with van der Waals surface area (Å²) in [6, 6.07) is 15.7. The minimum absolute atomic E-state index is 0.0903. The molecular weight excluding hydrogens is 412 g/mol. The number of aryl methyl sites for hydroxylation is 2. The van der Waals surface area contributed by atoms with Gasteiger partial charge >= 0.3 is 5.97 Å². The molecule has 0 radical (unpaired) electrons. The molecule has 2 unspecified atom stereocenters. The second kappa shape index (κ2) is 9.93. The third-order valence-corrected chi connectivity index (χ3v) is 6.48. The number of pyridine rings is 2. The van der Waals surface area contributed by atoms with E-state index in [-0.39, 0.29) is 12.1 Å². The molecule has 0 N–H and O–H groups in total. The van der Waals surface area contributed by atoms with Crippen LogP contribution in [0.25, 0.3) is 0 Å². The summed E-state index contributed by atoms with van der Waals surface area (Å²) < 4.78 is 5.04. The number of ether oxygens (including phenoxy) is 1. The van der Waals surface area contributed by atoms with Gasteiger partial charge in [-0.1, -0.05) is 18.2 Å². The minimum Gasteiger partial charge on any atom is -0.465 e. The highest BCUT2D eigenvalue weighted by molar-refractivity contribution is 5.91. The summed E-state index contributed by atoms with van der Waals surface area (Å²) in [6.07, 6.45) is 6.71. The third kappa shape index (κ3) is 4.64. The van der Waals surface area contributed by atoms with Crippen LogP contribution in [0.5, 0.6) is 0 Å². The molecule has 6 heteroatoms. The van der Waals surface area contributed by atoms with Gasteiger partial charge in [0.1, 0.15) is 0 Å². The Morgan fingerprint density at radius 1 is 1.06 bits per heavy atom. The van der Waals surface area contributed by atoms with Crippen molar-refractivity contribution in [1.82, 2.24) is 14.9 Å². The number of esters is 1. The molecule has 0 aliphatic carbocycles. The molecule has 4 rings (SSSR count). The number of aromatic nitrogens is 2. The summed E-state index contributed by atoms with van der Waals surface area (Å²) >= 11 is 0. The zero-order chi connectivity index (χ0) is 23.4. The second-order valence-corrected chi connectivity index (χ2v) is 8.52. The van der Waals surface area contributed by atoms with Crippen molar-refractivity contribution >= 4 is 5.97 Å². The Hall–Kier alpha value is -3.56. The number of piperidine rings is 1. The number of hydrogen-bond donors (Lipinski definition) is 0. The van der Waals surface area contributed by atoms with Crippen LogP contribution in [0.15, 0.2) is 54.9 Å². The fourth-order valence-electron chi connectivity index (χ4n) is 4.84. The van der Waals surface area contributed by atoms with E-state index in [2.05, 4.69) is 36.9 Å². The Labute approximate surface area is 194 Å². The van der Waals surface area contributed by atoms with Gasteiger partial charge in [0.15, 0.2) is 0 Å². The standard InChI is InChI=1S/C27H28N4O2/c1-18-7-5-13-29-25(18)23-9-4-10-24(26-19(2)8-6-14-30-26)31(23)17-21-12-11-20(16-28)15-22(21)27(32)33-3/h5-8,11-15,23-24H,4,9-10,17H2,1-3H3. The SMILES string of the molecule is COC(=O)c1cc(C#N)ccc1CN1C(c2ncccc2C)CCCC1c1ncccc1C. The van der Waals surface area contributed by atoms with E-state index in [1.54, 1.807) is 12.1 Å². The van der Waals surface area contributed by atoms with Crippen molar-refractivity contribution < 1.29 is 9.53 Å².